The molecule has 2 amide bonds. The number of anilines is 1. The number of amides is 2. The Labute approximate surface area is 259 Å². The first-order chi connectivity index (χ1) is 19.9. The lowest BCUT2D eigenvalue weighted by atomic mass is 10.0. The third-order valence-electron chi connectivity index (χ3n) is 7.08. The van der Waals surface area contributed by atoms with Crippen molar-refractivity contribution < 1.29 is 18.0 Å². The number of carbonyl (C=O) groups excluding carboxylic acids is 2. The molecule has 0 spiro atoms. The molecule has 0 fully saturated rings. The topological polar surface area (TPSA) is 86.8 Å². The van der Waals surface area contributed by atoms with Crippen molar-refractivity contribution in [3.63, 3.8) is 0 Å². The van der Waals surface area contributed by atoms with Gasteiger partial charge in [0.1, 0.15) is 6.04 Å². The summed E-state index contributed by atoms with van der Waals surface area (Å²) in [5, 5.41) is 3.79. The molecule has 7 nitrogen and oxygen atoms in total. The zero-order valence-corrected chi connectivity index (χ0v) is 26.8. The van der Waals surface area contributed by atoms with E-state index in [-0.39, 0.29) is 43.8 Å². The van der Waals surface area contributed by atoms with Gasteiger partial charge in [-0.3, -0.25) is 13.9 Å². The minimum absolute atomic E-state index is 0.0428. The van der Waals surface area contributed by atoms with Gasteiger partial charge >= 0.3 is 0 Å². The molecule has 0 saturated carbocycles. The first kappa shape index (κ1) is 33.4. The number of carbonyl (C=O) groups is 2. The predicted molar refractivity (Wildman–Crippen MR) is 171 cm³/mol. The number of sulfonamides is 1. The third-order valence-corrected chi connectivity index (χ3v) is 9.02. The minimum Gasteiger partial charge on any atom is -0.352 e. The molecule has 42 heavy (non-hydrogen) atoms. The van der Waals surface area contributed by atoms with Gasteiger partial charge in [0.25, 0.3) is 0 Å². The Bertz CT molecular complexity index is 1450. The van der Waals surface area contributed by atoms with Gasteiger partial charge in [-0.05, 0) is 62.1 Å². The molecule has 0 aliphatic carbocycles. The quantitative estimate of drug-likeness (QED) is 0.223. The Hall–Kier alpha value is -3.07. The highest BCUT2D eigenvalue weighted by molar-refractivity contribution is 7.92. The number of hydrogen-bond acceptors (Lipinski definition) is 4. The number of halogens is 2. The molecule has 0 aliphatic heterocycles. The van der Waals surface area contributed by atoms with Crippen LogP contribution in [0.4, 0.5) is 5.69 Å². The van der Waals surface area contributed by atoms with Crippen LogP contribution in [0.1, 0.15) is 49.8 Å². The van der Waals surface area contributed by atoms with Gasteiger partial charge < -0.3 is 10.2 Å². The van der Waals surface area contributed by atoms with Crippen molar-refractivity contribution in [2.75, 3.05) is 17.1 Å². The standard InChI is InChI=1S/C32H39Cl2N3O4S/c1-5-24(3)35-32(39)30(21-25-10-7-6-8-11-25)36(22-26-15-18-28(33)29(34)20-26)31(38)12-9-19-37(42(4,40)41)27-16-13-23(2)14-17-27/h6-8,10-11,13-18,20,24,30H,5,9,12,19,21-22H2,1-4H3,(H,35,39)/t24-,30-/m1/s1. The van der Waals surface area contributed by atoms with Gasteiger partial charge in [-0.2, -0.15) is 0 Å². The fourth-order valence-corrected chi connectivity index (χ4v) is 5.83. The van der Waals surface area contributed by atoms with E-state index in [1.807, 2.05) is 63.2 Å². The van der Waals surface area contributed by atoms with Crippen LogP contribution in [0.3, 0.4) is 0 Å². The van der Waals surface area contributed by atoms with Crippen LogP contribution in [0.15, 0.2) is 72.8 Å². The van der Waals surface area contributed by atoms with Crippen LogP contribution in [0, 0.1) is 6.92 Å². The molecule has 0 radical (unpaired) electrons. The molecule has 0 aromatic heterocycles. The van der Waals surface area contributed by atoms with Crippen LogP contribution in [0.5, 0.6) is 0 Å². The third kappa shape index (κ3) is 9.75. The molecule has 226 valence electrons. The maximum Gasteiger partial charge on any atom is 0.243 e. The van der Waals surface area contributed by atoms with Gasteiger partial charge in [0.15, 0.2) is 0 Å². The van der Waals surface area contributed by atoms with Gasteiger partial charge in [0, 0.05) is 32.0 Å². The van der Waals surface area contributed by atoms with Crippen molar-refractivity contribution in [2.24, 2.45) is 0 Å². The highest BCUT2D eigenvalue weighted by Crippen LogP contribution is 2.25. The summed E-state index contributed by atoms with van der Waals surface area (Å²) in [6.07, 6.45) is 2.52. The number of aryl methyl sites for hydroxylation is 1. The minimum atomic E-state index is -3.58. The largest absolute Gasteiger partial charge is 0.352 e. The SMILES string of the molecule is CC[C@@H](C)NC(=O)[C@@H](Cc1ccccc1)N(Cc1ccc(Cl)c(Cl)c1)C(=O)CCCN(c1ccc(C)cc1)S(C)(=O)=O. The van der Waals surface area contributed by atoms with E-state index in [9.17, 15) is 18.0 Å². The Morgan fingerprint density at radius 1 is 0.929 bits per heavy atom. The van der Waals surface area contributed by atoms with E-state index in [2.05, 4.69) is 5.32 Å². The Morgan fingerprint density at radius 3 is 2.19 bits per heavy atom. The lowest BCUT2D eigenvalue weighted by Crippen LogP contribution is -2.52. The molecule has 3 aromatic rings. The summed E-state index contributed by atoms with van der Waals surface area (Å²) in [5.74, 6) is -0.516. The molecule has 0 saturated heterocycles. The van der Waals surface area contributed by atoms with Crippen LogP contribution >= 0.6 is 23.2 Å². The smallest absolute Gasteiger partial charge is 0.243 e. The number of nitrogens with zero attached hydrogens (tertiary/aromatic N) is 2. The molecule has 0 unspecified atom stereocenters. The first-order valence-corrected chi connectivity index (χ1v) is 16.6. The van der Waals surface area contributed by atoms with E-state index >= 15 is 0 Å². The summed E-state index contributed by atoms with van der Waals surface area (Å²) in [4.78, 5) is 29.2. The summed E-state index contributed by atoms with van der Waals surface area (Å²) in [7, 11) is -3.58. The maximum absolute atomic E-state index is 13.9. The molecule has 0 bridgehead atoms. The monoisotopic (exact) mass is 631 g/mol. The molecule has 0 aliphatic rings. The molecule has 3 aromatic carbocycles. The average Bonchev–Trinajstić information content (AvgIpc) is 2.95. The number of nitrogens with one attached hydrogen (secondary N) is 1. The molecule has 3 rings (SSSR count). The second-order valence-corrected chi connectivity index (χ2v) is 13.3. The summed E-state index contributed by atoms with van der Waals surface area (Å²) < 4.78 is 26.5. The van der Waals surface area contributed by atoms with Crippen molar-refractivity contribution in [1.82, 2.24) is 10.2 Å². The molecule has 10 heteroatoms. The second-order valence-electron chi connectivity index (χ2n) is 10.6. The summed E-state index contributed by atoms with van der Waals surface area (Å²) in [6.45, 7) is 6.09. The molecule has 2 atom stereocenters. The molecular formula is C32H39Cl2N3O4S. The zero-order chi connectivity index (χ0) is 30.9. The van der Waals surface area contributed by atoms with E-state index in [1.165, 1.54) is 4.31 Å². The molecule has 1 N–H and O–H groups in total. The Balaban J connectivity index is 1.91. The van der Waals surface area contributed by atoms with E-state index < -0.39 is 16.1 Å². The molecular weight excluding hydrogens is 593 g/mol. The number of hydrogen-bond donors (Lipinski definition) is 1. The molecule has 0 heterocycles. The predicted octanol–water partition coefficient (Wildman–Crippen LogP) is 6.40. The van der Waals surface area contributed by atoms with E-state index in [1.54, 1.807) is 35.2 Å². The van der Waals surface area contributed by atoms with Gasteiger partial charge in [-0.15, -0.1) is 0 Å². The summed E-state index contributed by atoms with van der Waals surface area (Å²) in [5.41, 5.74) is 3.19. The van der Waals surface area contributed by atoms with Crippen molar-refractivity contribution in [1.29, 1.82) is 0 Å². The van der Waals surface area contributed by atoms with Crippen LogP contribution in [0.25, 0.3) is 0 Å². The average molecular weight is 633 g/mol. The van der Waals surface area contributed by atoms with Gasteiger partial charge in [-0.1, -0.05) is 84.2 Å². The van der Waals surface area contributed by atoms with Crippen LogP contribution in [-0.2, 0) is 32.6 Å². The lowest BCUT2D eigenvalue weighted by molar-refractivity contribution is -0.141. The maximum atomic E-state index is 13.9. The normalized spacial score (nSPS) is 12.8. The van der Waals surface area contributed by atoms with Crippen LogP contribution in [0.2, 0.25) is 10.0 Å². The van der Waals surface area contributed by atoms with E-state index in [4.69, 9.17) is 23.2 Å². The number of benzene rings is 3. The van der Waals surface area contributed by atoms with Gasteiger partial charge in [0.2, 0.25) is 21.8 Å². The van der Waals surface area contributed by atoms with Gasteiger partial charge in [-0.25, -0.2) is 8.42 Å². The van der Waals surface area contributed by atoms with Crippen LogP contribution < -0.4 is 9.62 Å². The zero-order valence-electron chi connectivity index (χ0n) is 24.5. The van der Waals surface area contributed by atoms with Crippen molar-refractivity contribution in [3.05, 3.63) is 99.5 Å². The van der Waals surface area contributed by atoms with Crippen molar-refractivity contribution in [2.45, 2.75) is 65.1 Å². The lowest BCUT2D eigenvalue weighted by Gasteiger charge is -2.33. The fraction of sp³-hybridized carbons (Fsp3) is 0.375. The Kier molecular flexibility index (Phi) is 12.3. The second kappa shape index (κ2) is 15.4. The highest BCUT2D eigenvalue weighted by atomic mass is 35.5. The summed E-state index contributed by atoms with van der Waals surface area (Å²) >= 11 is 12.4. The van der Waals surface area contributed by atoms with Crippen LogP contribution in [-0.4, -0.2) is 50.0 Å². The fourth-order valence-electron chi connectivity index (χ4n) is 4.54. The Morgan fingerprint density at radius 2 is 1.60 bits per heavy atom. The van der Waals surface area contributed by atoms with E-state index in [0.29, 0.717) is 22.2 Å². The number of rotatable bonds is 14. The van der Waals surface area contributed by atoms with Crippen molar-refractivity contribution >= 4 is 50.7 Å². The summed E-state index contributed by atoms with van der Waals surface area (Å²) in [6, 6.07) is 21.0. The highest BCUT2D eigenvalue weighted by Gasteiger charge is 2.31. The first-order valence-electron chi connectivity index (χ1n) is 14.0. The van der Waals surface area contributed by atoms with Crippen molar-refractivity contribution in [3.8, 4) is 0 Å². The van der Waals surface area contributed by atoms with Gasteiger partial charge in [0.05, 0.1) is 22.0 Å². The van der Waals surface area contributed by atoms with E-state index in [0.717, 1.165) is 29.4 Å².